The van der Waals surface area contributed by atoms with Crippen LogP contribution in [0.2, 0.25) is 0 Å². The van der Waals surface area contributed by atoms with Crippen molar-refractivity contribution in [2.24, 2.45) is 62.1 Å². The number of amides is 1. The van der Waals surface area contributed by atoms with Crippen LogP contribution in [-0.2, 0) is 19.1 Å². The molecule has 0 radical (unpaired) electrons. The molecule has 5 fully saturated rings. The number of carboxylic acids is 1. The summed E-state index contributed by atoms with van der Waals surface area (Å²) in [4.78, 5) is 38.3. The van der Waals surface area contributed by atoms with E-state index >= 15 is 0 Å². The van der Waals surface area contributed by atoms with Gasteiger partial charge in [-0.2, -0.15) is 0 Å². The van der Waals surface area contributed by atoms with Crippen LogP contribution in [0, 0.1) is 67.9 Å². The molecule has 1 amide bonds. The summed E-state index contributed by atoms with van der Waals surface area (Å²) >= 11 is 0. The molecule has 5 saturated carbocycles. The van der Waals surface area contributed by atoms with Gasteiger partial charge in [-0.05, 0) is 146 Å². The van der Waals surface area contributed by atoms with E-state index in [1.165, 1.54) is 24.1 Å². The second-order valence-electron chi connectivity index (χ2n) is 20.0. The molecule has 1 aromatic carbocycles. The van der Waals surface area contributed by atoms with Crippen LogP contribution in [0.25, 0.3) is 0 Å². The number of fused-ring (bicyclic) bond motifs is 7. The maximum atomic E-state index is 14.0. The Labute approximate surface area is 306 Å². The molecule has 282 valence electrons. The first-order valence-electron chi connectivity index (χ1n) is 19.8. The van der Waals surface area contributed by atoms with Crippen LogP contribution in [0.1, 0.15) is 139 Å². The molecule has 0 bridgehead atoms. The molecule has 7 heteroatoms. The molecule has 51 heavy (non-hydrogen) atoms. The third kappa shape index (κ3) is 6.38. The van der Waals surface area contributed by atoms with Crippen LogP contribution < -0.4 is 5.32 Å². The fraction of sp³-hybridized carbons (Fsp3) is 0.750. The molecule has 1 aromatic rings. The van der Waals surface area contributed by atoms with E-state index in [1.807, 2.05) is 13.8 Å². The normalized spacial score (nSPS) is 39.8. The number of nitrogens with one attached hydrogen (secondary N) is 1. The zero-order valence-electron chi connectivity index (χ0n) is 32.6. The van der Waals surface area contributed by atoms with Gasteiger partial charge in [-0.3, -0.25) is 14.4 Å². The van der Waals surface area contributed by atoms with Crippen LogP contribution in [0.15, 0.2) is 36.4 Å². The molecule has 0 unspecified atom stereocenters. The number of benzene rings is 1. The number of carboxylic acid groups (broad SMARTS) is 1. The lowest BCUT2D eigenvalue weighted by molar-refractivity contribution is -0.250. The minimum absolute atomic E-state index is 0.00498. The monoisotopic (exact) mass is 705 g/mol. The fourth-order valence-electron chi connectivity index (χ4n) is 13.9. The van der Waals surface area contributed by atoms with Crippen LogP contribution in [0.4, 0.5) is 10.1 Å². The number of ether oxygens (including phenoxy) is 1. The Morgan fingerprint density at radius 2 is 1.65 bits per heavy atom. The largest absolute Gasteiger partial charge is 0.481 e. The van der Waals surface area contributed by atoms with Crippen LogP contribution in [-0.4, -0.2) is 29.1 Å². The SMILES string of the molecule is C=C(C)[C@@H]1CC[C@]2(CC(=O)Nc3cccc(F)c3)CC[C@]3(C)[C@H](CC[C@@H]4[C@@]5(C)CC[C@H](OC(=O)CC(C)(C)CC(=O)O)C(C)(C)[C@@H]5CC[C@]43C)[C@@H]12. The lowest BCUT2D eigenvalue weighted by Crippen LogP contribution is -2.66. The van der Waals surface area contributed by atoms with E-state index in [1.54, 1.807) is 12.1 Å². The Hall–Kier alpha value is -2.70. The standard InChI is InChI=1S/C44H64FNO5/c1-27(2)30-15-20-44(24-35(47)46-29-12-10-11-28(45)23-29)22-21-42(8)31(38(30)44)13-14-33-41(7)18-17-34(40(5,6)32(41)16-19-43(33,42)9)51-37(50)26-39(3,4)25-36(48)49/h10-12,23,30-34,38H,1,13-22,24-26H2,2-9H3,(H,46,47)(H,48,49)/t30-,31+,32-,33+,34-,38+,41-,42+,43+,44+/m0/s1. The van der Waals surface area contributed by atoms with Crippen molar-refractivity contribution < 1.29 is 28.6 Å². The molecule has 5 aliphatic rings. The van der Waals surface area contributed by atoms with Crippen molar-refractivity contribution in [2.45, 2.75) is 145 Å². The molecule has 0 aromatic heterocycles. The van der Waals surface area contributed by atoms with E-state index in [4.69, 9.17) is 4.74 Å². The summed E-state index contributed by atoms with van der Waals surface area (Å²) in [5.74, 6) is 0.788. The number of halogens is 1. The van der Waals surface area contributed by atoms with E-state index < -0.39 is 11.4 Å². The van der Waals surface area contributed by atoms with Gasteiger partial charge in [-0.15, -0.1) is 0 Å². The zero-order valence-corrected chi connectivity index (χ0v) is 32.6. The quantitative estimate of drug-likeness (QED) is 0.197. The van der Waals surface area contributed by atoms with Gasteiger partial charge in [0.2, 0.25) is 5.91 Å². The molecule has 0 aliphatic heterocycles. The number of carbonyl (C=O) groups excluding carboxylic acids is 2. The molecule has 6 rings (SSSR count). The highest BCUT2D eigenvalue weighted by molar-refractivity contribution is 5.91. The second-order valence-corrected chi connectivity index (χ2v) is 20.0. The van der Waals surface area contributed by atoms with Gasteiger partial charge < -0.3 is 15.2 Å². The van der Waals surface area contributed by atoms with Crippen molar-refractivity contribution in [3.63, 3.8) is 0 Å². The molecule has 10 atom stereocenters. The molecular weight excluding hydrogens is 641 g/mol. The van der Waals surface area contributed by atoms with Crippen LogP contribution in [0.3, 0.4) is 0 Å². The van der Waals surface area contributed by atoms with Crippen molar-refractivity contribution in [3.8, 4) is 0 Å². The summed E-state index contributed by atoms with van der Waals surface area (Å²) in [5.41, 5.74) is 1.28. The van der Waals surface area contributed by atoms with Gasteiger partial charge >= 0.3 is 11.9 Å². The van der Waals surface area contributed by atoms with Crippen LogP contribution >= 0.6 is 0 Å². The molecule has 6 nitrogen and oxygen atoms in total. The molecule has 2 N–H and O–H groups in total. The maximum absolute atomic E-state index is 14.0. The van der Waals surface area contributed by atoms with Crippen molar-refractivity contribution >= 4 is 23.5 Å². The average molecular weight is 706 g/mol. The molecular formula is C44H64FNO5. The lowest BCUT2D eigenvalue weighted by atomic mass is 9.32. The minimum atomic E-state index is -0.895. The number of allylic oxidation sites excluding steroid dienone is 1. The van der Waals surface area contributed by atoms with Gasteiger partial charge in [-0.1, -0.05) is 66.7 Å². The first-order valence-corrected chi connectivity index (χ1v) is 19.8. The highest BCUT2D eigenvalue weighted by atomic mass is 19.1. The predicted octanol–water partition coefficient (Wildman–Crippen LogP) is 10.6. The predicted molar refractivity (Wildman–Crippen MR) is 199 cm³/mol. The summed E-state index contributed by atoms with van der Waals surface area (Å²) in [6, 6.07) is 6.21. The van der Waals surface area contributed by atoms with Gasteiger partial charge in [-0.25, -0.2) is 4.39 Å². The first kappa shape index (κ1) is 38.0. The summed E-state index contributed by atoms with van der Waals surface area (Å²) in [5, 5.41) is 12.4. The topological polar surface area (TPSA) is 92.7 Å². The van der Waals surface area contributed by atoms with Gasteiger partial charge in [0.1, 0.15) is 11.9 Å². The fourth-order valence-corrected chi connectivity index (χ4v) is 13.9. The second kappa shape index (κ2) is 13.0. The number of anilines is 1. The number of rotatable bonds is 9. The number of esters is 1. The van der Waals surface area contributed by atoms with E-state index in [0.29, 0.717) is 41.7 Å². The number of hydrogen-bond donors (Lipinski definition) is 2. The number of aliphatic carboxylic acids is 1. The van der Waals surface area contributed by atoms with Gasteiger partial charge in [0.15, 0.2) is 0 Å². The van der Waals surface area contributed by atoms with Crippen molar-refractivity contribution in [1.82, 2.24) is 0 Å². The third-order valence-electron chi connectivity index (χ3n) is 16.3. The number of hydrogen-bond acceptors (Lipinski definition) is 4. The Balaban J connectivity index is 1.23. The lowest BCUT2D eigenvalue weighted by Gasteiger charge is -2.73. The maximum Gasteiger partial charge on any atom is 0.306 e. The summed E-state index contributed by atoms with van der Waals surface area (Å²) in [6.07, 6.45) is 11.1. The van der Waals surface area contributed by atoms with Crippen molar-refractivity contribution in [1.29, 1.82) is 0 Å². The minimum Gasteiger partial charge on any atom is -0.481 e. The number of carbonyl (C=O) groups is 3. The zero-order chi connectivity index (χ0) is 37.4. The molecule has 0 heterocycles. The summed E-state index contributed by atoms with van der Waals surface area (Å²) in [6.45, 7) is 22.7. The summed E-state index contributed by atoms with van der Waals surface area (Å²) < 4.78 is 20.2. The van der Waals surface area contributed by atoms with Gasteiger partial charge in [0, 0.05) is 17.5 Å². The highest BCUT2D eigenvalue weighted by Gasteiger charge is 2.71. The molecule has 0 spiro atoms. The molecule has 5 aliphatic carbocycles. The Bertz CT molecular complexity index is 1570. The Kier molecular flexibility index (Phi) is 9.70. The van der Waals surface area contributed by atoms with Gasteiger partial charge in [0.25, 0.3) is 0 Å². The Morgan fingerprint density at radius 1 is 0.922 bits per heavy atom. The van der Waals surface area contributed by atoms with E-state index in [2.05, 4.69) is 53.4 Å². The Morgan fingerprint density at radius 3 is 2.31 bits per heavy atom. The molecule has 0 saturated heterocycles. The summed E-state index contributed by atoms with van der Waals surface area (Å²) in [7, 11) is 0. The third-order valence-corrected chi connectivity index (χ3v) is 16.3. The van der Waals surface area contributed by atoms with E-state index in [-0.39, 0.29) is 63.7 Å². The first-order chi connectivity index (χ1) is 23.7. The van der Waals surface area contributed by atoms with Crippen molar-refractivity contribution in [2.75, 3.05) is 5.32 Å². The van der Waals surface area contributed by atoms with Gasteiger partial charge in [0.05, 0.1) is 12.8 Å². The van der Waals surface area contributed by atoms with Crippen LogP contribution in [0.5, 0.6) is 0 Å². The average Bonchev–Trinajstić information content (AvgIpc) is 3.37. The van der Waals surface area contributed by atoms with E-state index in [9.17, 15) is 23.9 Å². The van der Waals surface area contributed by atoms with E-state index in [0.717, 1.165) is 57.8 Å². The highest BCUT2D eigenvalue weighted by Crippen LogP contribution is 2.78. The van der Waals surface area contributed by atoms with Crippen molar-refractivity contribution in [3.05, 3.63) is 42.2 Å². The smallest absolute Gasteiger partial charge is 0.306 e.